The molecular weight excluding hydrogens is 257 g/mol. The van der Waals surface area contributed by atoms with Gasteiger partial charge in [0.05, 0.1) is 0 Å². The minimum atomic E-state index is -2.32. The van der Waals surface area contributed by atoms with Gasteiger partial charge in [-0.15, -0.1) is 0 Å². The number of nitrogens with one attached hydrogen (secondary N) is 1. The van der Waals surface area contributed by atoms with Crippen molar-refractivity contribution in [3.8, 4) is 0 Å². The molecule has 0 heterocycles. The number of rotatable bonds is 5. The Morgan fingerprint density at radius 2 is 1.42 bits per heavy atom. The molecule has 2 rings (SSSR count). The van der Waals surface area contributed by atoms with Gasteiger partial charge in [0.1, 0.15) is 0 Å². The minimum Gasteiger partial charge on any atom is -0.260 e. The van der Waals surface area contributed by atoms with Crippen LogP contribution in [0.2, 0.25) is 0 Å². The van der Waals surface area contributed by atoms with Gasteiger partial charge in [-0.05, 0) is 17.1 Å². The lowest BCUT2D eigenvalue weighted by atomic mass is 10.1. The SMILES string of the molecule is C[C@@H](NC(c1ccccc1)[P+](=O)O)c1ccccc1. The molecule has 3 atom stereocenters. The Labute approximate surface area is 114 Å². The molecule has 0 amide bonds. The van der Waals surface area contributed by atoms with Crippen molar-refractivity contribution in [2.45, 2.75) is 18.7 Å². The highest BCUT2D eigenvalue weighted by Crippen LogP contribution is 2.36. The molecule has 0 saturated heterocycles. The molecule has 0 aliphatic heterocycles. The molecule has 2 N–H and O–H groups in total. The van der Waals surface area contributed by atoms with Crippen LogP contribution in [0, 0.1) is 0 Å². The molecule has 98 valence electrons. The van der Waals surface area contributed by atoms with Crippen molar-refractivity contribution in [2.24, 2.45) is 0 Å². The zero-order chi connectivity index (χ0) is 13.7. The maximum atomic E-state index is 11.6. The van der Waals surface area contributed by atoms with Crippen molar-refractivity contribution in [2.75, 3.05) is 0 Å². The van der Waals surface area contributed by atoms with E-state index in [2.05, 4.69) is 5.32 Å². The molecule has 0 radical (unpaired) electrons. The van der Waals surface area contributed by atoms with E-state index in [0.29, 0.717) is 0 Å². The quantitative estimate of drug-likeness (QED) is 0.816. The summed E-state index contributed by atoms with van der Waals surface area (Å²) in [7, 11) is -2.32. The summed E-state index contributed by atoms with van der Waals surface area (Å²) >= 11 is 0. The lowest BCUT2D eigenvalue weighted by Gasteiger charge is -2.16. The number of hydrogen-bond acceptors (Lipinski definition) is 2. The Hall–Kier alpha value is -1.54. The summed E-state index contributed by atoms with van der Waals surface area (Å²) in [5.74, 6) is -0.550. The predicted octanol–water partition coefficient (Wildman–Crippen LogP) is 3.77. The van der Waals surface area contributed by atoms with Crippen molar-refractivity contribution >= 4 is 8.03 Å². The Morgan fingerprint density at radius 3 is 1.89 bits per heavy atom. The summed E-state index contributed by atoms with van der Waals surface area (Å²) in [5.41, 5.74) is 1.93. The Bertz CT molecular complexity index is 530. The Kier molecular flexibility index (Phi) is 4.80. The van der Waals surface area contributed by atoms with Crippen LogP contribution in [0.1, 0.15) is 29.9 Å². The second-order valence-corrected chi connectivity index (χ2v) is 5.54. The van der Waals surface area contributed by atoms with E-state index in [9.17, 15) is 9.46 Å². The van der Waals surface area contributed by atoms with Gasteiger partial charge in [0.15, 0.2) is 0 Å². The number of benzene rings is 2. The van der Waals surface area contributed by atoms with Gasteiger partial charge in [-0.1, -0.05) is 60.7 Å². The van der Waals surface area contributed by atoms with Gasteiger partial charge in [0.25, 0.3) is 5.78 Å². The zero-order valence-electron chi connectivity index (χ0n) is 10.7. The monoisotopic (exact) mass is 274 g/mol. The van der Waals surface area contributed by atoms with Gasteiger partial charge in [0, 0.05) is 11.6 Å². The van der Waals surface area contributed by atoms with Gasteiger partial charge >= 0.3 is 8.03 Å². The first-order valence-electron chi connectivity index (χ1n) is 6.19. The third-order valence-electron chi connectivity index (χ3n) is 3.04. The van der Waals surface area contributed by atoms with Crippen LogP contribution in [-0.2, 0) is 4.57 Å². The third-order valence-corrected chi connectivity index (χ3v) is 3.93. The van der Waals surface area contributed by atoms with E-state index in [1.54, 1.807) is 0 Å². The minimum absolute atomic E-state index is 0.0116. The fraction of sp³-hybridized carbons (Fsp3) is 0.200. The van der Waals surface area contributed by atoms with Crippen molar-refractivity contribution in [3.05, 3.63) is 71.8 Å². The molecule has 0 aliphatic carbocycles. The molecule has 0 aromatic heterocycles. The largest absolute Gasteiger partial charge is 0.529 e. The first-order chi connectivity index (χ1) is 9.18. The summed E-state index contributed by atoms with van der Waals surface area (Å²) in [6, 6.07) is 19.3. The first kappa shape index (κ1) is 13.9. The van der Waals surface area contributed by atoms with Gasteiger partial charge in [-0.3, -0.25) is 5.32 Å². The van der Waals surface area contributed by atoms with Crippen LogP contribution < -0.4 is 5.32 Å². The summed E-state index contributed by atoms with van der Waals surface area (Å²) in [4.78, 5) is 9.51. The van der Waals surface area contributed by atoms with Crippen molar-refractivity contribution in [1.82, 2.24) is 5.32 Å². The number of hydrogen-bond donors (Lipinski definition) is 2. The van der Waals surface area contributed by atoms with Crippen LogP contribution in [0.4, 0.5) is 0 Å². The summed E-state index contributed by atoms with van der Waals surface area (Å²) in [6.07, 6.45) is 0. The molecule has 2 aromatic rings. The third kappa shape index (κ3) is 3.71. The average molecular weight is 274 g/mol. The normalized spacial score (nSPS) is 14.7. The molecule has 2 unspecified atom stereocenters. The van der Waals surface area contributed by atoms with Crippen LogP contribution in [-0.4, -0.2) is 4.89 Å². The lowest BCUT2D eigenvalue weighted by Crippen LogP contribution is -2.22. The standard InChI is InChI=1S/C15H16NO2P/c1-12(13-8-4-2-5-9-13)16-15(19(17)18)14-10-6-3-7-11-14/h2-12,15-16H,1H3/p+1/t12-,15?/m1/s1. The highest BCUT2D eigenvalue weighted by molar-refractivity contribution is 7.38. The van der Waals surface area contributed by atoms with E-state index in [0.717, 1.165) is 11.1 Å². The van der Waals surface area contributed by atoms with Crippen molar-refractivity contribution < 1.29 is 9.46 Å². The van der Waals surface area contributed by atoms with Gasteiger partial charge in [-0.2, -0.15) is 4.89 Å². The topological polar surface area (TPSA) is 49.3 Å². The predicted molar refractivity (Wildman–Crippen MR) is 77.0 cm³/mol. The molecular formula is C15H17NO2P+. The molecule has 3 nitrogen and oxygen atoms in total. The van der Waals surface area contributed by atoms with E-state index >= 15 is 0 Å². The first-order valence-corrected chi connectivity index (χ1v) is 7.48. The van der Waals surface area contributed by atoms with E-state index in [4.69, 9.17) is 0 Å². The fourth-order valence-corrected chi connectivity index (χ4v) is 2.78. The summed E-state index contributed by atoms with van der Waals surface area (Å²) in [6.45, 7) is 1.99. The van der Waals surface area contributed by atoms with Crippen LogP contribution in [0.25, 0.3) is 0 Å². The molecule has 19 heavy (non-hydrogen) atoms. The fourth-order valence-electron chi connectivity index (χ4n) is 2.00. The molecule has 0 fully saturated rings. The second kappa shape index (κ2) is 6.58. The van der Waals surface area contributed by atoms with E-state index in [1.807, 2.05) is 67.6 Å². The highest BCUT2D eigenvalue weighted by atomic mass is 31.1. The van der Waals surface area contributed by atoms with Gasteiger partial charge in [-0.25, -0.2) is 0 Å². The Morgan fingerprint density at radius 1 is 0.947 bits per heavy atom. The average Bonchev–Trinajstić information content (AvgIpc) is 2.46. The van der Waals surface area contributed by atoms with Crippen molar-refractivity contribution in [1.29, 1.82) is 0 Å². The summed E-state index contributed by atoms with van der Waals surface area (Å²) < 4.78 is 11.6. The maximum Gasteiger partial charge on any atom is 0.529 e. The summed E-state index contributed by atoms with van der Waals surface area (Å²) in [5, 5.41) is 3.22. The molecule has 2 aromatic carbocycles. The smallest absolute Gasteiger partial charge is 0.260 e. The van der Waals surface area contributed by atoms with Gasteiger partial charge in [0.2, 0.25) is 0 Å². The zero-order valence-corrected chi connectivity index (χ0v) is 11.6. The second-order valence-electron chi connectivity index (χ2n) is 4.41. The van der Waals surface area contributed by atoms with Gasteiger partial charge < -0.3 is 0 Å². The highest BCUT2D eigenvalue weighted by Gasteiger charge is 2.32. The van der Waals surface area contributed by atoms with Crippen LogP contribution in [0.5, 0.6) is 0 Å². The van der Waals surface area contributed by atoms with Crippen LogP contribution in [0.3, 0.4) is 0 Å². The molecule has 0 bridgehead atoms. The van der Waals surface area contributed by atoms with Crippen LogP contribution >= 0.6 is 8.03 Å². The lowest BCUT2D eigenvalue weighted by molar-refractivity contribution is 0.457. The Balaban J connectivity index is 2.16. The molecule has 0 aliphatic rings. The molecule has 0 spiro atoms. The molecule has 4 heteroatoms. The molecule has 0 saturated carbocycles. The van der Waals surface area contributed by atoms with Crippen molar-refractivity contribution in [3.63, 3.8) is 0 Å². The van der Waals surface area contributed by atoms with E-state index in [-0.39, 0.29) is 6.04 Å². The maximum absolute atomic E-state index is 11.6. The van der Waals surface area contributed by atoms with Crippen LogP contribution in [0.15, 0.2) is 60.7 Å². The van der Waals surface area contributed by atoms with E-state index < -0.39 is 13.8 Å². The van der Waals surface area contributed by atoms with E-state index in [1.165, 1.54) is 0 Å².